The highest BCUT2D eigenvalue weighted by Gasteiger charge is 2.15. The third kappa shape index (κ3) is 2.57. The average Bonchev–Trinajstić information content (AvgIpc) is 2.61. The van der Waals surface area contributed by atoms with E-state index in [9.17, 15) is 4.79 Å². The molecule has 4 nitrogen and oxygen atoms in total. The Bertz CT molecular complexity index is 610. The van der Waals surface area contributed by atoms with Crippen molar-refractivity contribution in [3.05, 3.63) is 44.5 Å². The van der Waals surface area contributed by atoms with Gasteiger partial charge in [0.25, 0.3) is 5.91 Å². The Morgan fingerprint density at radius 2 is 2.17 bits per heavy atom. The zero-order valence-corrected chi connectivity index (χ0v) is 12.1. The second-order valence-corrected chi connectivity index (χ2v) is 5.09. The molecule has 0 aliphatic carbocycles. The first-order valence-corrected chi connectivity index (χ1v) is 6.35. The Morgan fingerprint density at radius 3 is 2.72 bits per heavy atom. The van der Waals surface area contributed by atoms with Gasteiger partial charge in [0.05, 0.1) is 11.3 Å². The van der Waals surface area contributed by atoms with Crippen LogP contribution in [-0.4, -0.2) is 11.1 Å². The Morgan fingerprint density at radius 1 is 1.44 bits per heavy atom. The largest absolute Gasteiger partial charge is 0.338 e. The predicted octanol–water partition coefficient (Wildman–Crippen LogP) is 3.96. The number of rotatable bonds is 2. The van der Waals surface area contributed by atoms with Gasteiger partial charge in [-0.05, 0) is 48.0 Å². The minimum atomic E-state index is -0.280. The van der Waals surface area contributed by atoms with E-state index in [0.29, 0.717) is 20.9 Å². The maximum atomic E-state index is 12.0. The first kappa shape index (κ1) is 13.1. The summed E-state index contributed by atoms with van der Waals surface area (Å²) in [4.78, 5) is 12.0. The van der Waals surface area contributed by atoms with Gasteiger partial charge in [-0.2, -0.15) is 0 Å². The molecule has 0 saturated heterocycles. The van der Waals surface area contributed by atoms with Crippen LogP contribution in [0.5, 0.6) is 0 Å². The molecule has 0 saturated carbocycles. The zero-order chi connectivity index (χ0) is 13.3. The van der Waals surface area contributed by atoms with Gasteiger partial charge >= 0.3 is 0 Å². The van der Waals surface area contributed by atoms with Gasteiger partial charge in [-0.15, -0.1) is 0 Å². The molecule has 18 heavy (non-hydrogen) atoms. The number of aryl methyl sites for hydroxylation is 1. The standard InChI is InChI=1S/C12H10BrClN2O2/c1-6-7(2)16-18-12(6)15-11(17)9-4-3-8(14)5-10(9)13/h3-5H,1-2H3,(H,15,17). The van der Waals surface area contributed by atoms with Crippen LogP contribution >= 0.6 is 27.5 Å². The number of hydrogen-bond acceptors (Lipinski definition) is 3. The van der Waals surface area contributed by atoms with Crippen LogP contribution in [0.2, 0.25) is 5.02 Å². The van der Waals surface area contributed by atoms with E-state index in [4.69, 9.17) is 16.1 Å². The second kappa shape index (κ2) is 5.12. The molecular weight excluding hydrogens is 320 g/mol. The van der Waals surface area contributed by atoms with Crippen molar-refractivity contribution in [2.75, 3.05) is 5.32 Å². The van der Waals surface area contributed by atoms with Crippen molar-refractivity contribution in [2.45, 2.75) is 13.8 Å². The molecule has 0 aliphatic heterocycles. The normalized spacial score (nSPS) is 10.4. The first-order valence-electron chi connectivity index (χ1n) is 5.18. The molecule has 94 valence electrons. The van der Waals surface area contributed by atoms with Crippen LogP contribution in [0.15, 0.2) is 27.2 Å². The van der Waals surface area contributed by atoms with Gasteiger partial charge in [0, 0.05) is 15.1 Å². The molecular formula is C12H10BrClN2O2. The lowest BCUT2D eigenvalue weighted by Gasteiger charge is -2.05. The number of carbonyl (C=O) groups is 1. The van der Waals surface area contributed by atoms with Crippen molar-refractivity contribution in [3.8, 4) is 0 Å². The summed E-state index contributed by atoms with van der Waals surface area (Å²) in [6, 6.07) is 4.95. The number of hydrogen-bond donors (Lipinski definition) is 1. The van der Waals surface area contributed by atoms with Crippen molar-refractivity contribution in [3.63, 3.8) is 0 Å². The fraction of sp³-hybridized carbons (Fsp3) is 0.167. The Labute approximate surface area is 117 Å². The number of aromatic nitrogens is 1. The highest BCUT2D eigenvalue weighted by atomic mass is 79.9. The monoisotopic (exact) mass is 328 g/mol. The summed E-state index contributed by atoms with van der Waals surface area (Å²) in [7, 11) is 0. The van der Waals surface area contributed by atoms with Crippen LogP contribution in [0.4, 0.5) is 5.88 Å². The van der Waals surface area contributed by atoms with Crippen LogP contribution in [0, 0.1) is 13.8 Å². The van der Waals surface area contributed by atoms with E-state index < -0.39 is 0 Å². The van der Waals surface area contributed by atoms with E-state index in [0.717, 1.165) is 11.3 Å². The number of nitrogens with zero attached hydrogens (tertiary/aromatic N) is 1. The maximum absolute atomic E-state index is 12.0. The third-order valence-electron chi connectivity index (χ3n) is 2.56. The summed E-state index contributed by atoms with van der Waals surface area (Å²) < 4.78 is 5.65. The van der Waals surface area contributed by atoms with E-state index in [-0.39, 0.29) is 5.91 Å². The number of halogens is 2. The fourth-order valence-electron chi connectivity index (χ4n) is 1.38. The van der Waals surface area contributed by atoms with Crippen molar-refractivity contribution in [1.29, 1.82) is 0 Å². The average molecular weight is 330 g/mol. The summed E-state index contributed by atoms with van der Waals surface area (Å²) in [5.41, 5.74) is 2.04. The molecule has 1 N–H and O–H groups in total. The molecule has 1 aromatic heterocycles. The minimum absolute atomic E-state index is 0.280. The lowest BCUT2D eigenvalue weighted by atomic mass is 10.2. The fourth-order valence-corrected chi connectivity index (χ4v) is 2.24. The molecule has 0 atom stereocenters. The number of nitrogens with one attached hydrogen (secondary N) is 1. The molecule has 0 unspecified atom stereocenters. The summed E-state index contributed by atoms with van der Waals surface area (Å²) in [6.45, 7) is 3.64. The van der Waals surface area contributed by atoms with Crippen LogP contribution in [0.1, 0.15) is 21.6 Å². The van der Waals surface area contributed by atoms with E-state index in [2.05, 4.69) is 26.4 Å². The number of anilines is 1. The Balaban J connectivity index is 2.25. The molecule has 0 radical (unpaired) electrons. The number of benzene rings is 1. The summed E-state index contributed by atoms with van der Waals surface area (Å²) >= 11 is 9.11. The minimum Gasteiger partial charge on any atom is -0.338 e. The van der Waals surface area contributed by atoms with Gasteiger partial charge in [0.2, 0.25) is 5.88 Å². The molecule has 1 amide bonds. The van der Waals surface area contributed by atoms with Gasteiger partial charge < -0.3 is 4.52 Å². The smallest absolute Gasteiger partial charge is 0.259 e. The van der Waals surface area contributed by atoms with Gasteiger partial charge in [-0.1, -0.05) is 16.8 Å². The Hall–Kier alpha value is -1.33. The number of carbonyl (C=O) groups excluding carboxylic acids is 1. The Kier molecular flexibility index (Phi) is 3.73. The van der Waals surface area contributed by atoms with Crippen LogP contribution in [0.3, 0.4) is 0 Å². The number of amides is 1. The van der Waals surface area contributed by atoms with Gasteiger partial charge in [0.1, 0.15) is 0 Å². The molecule has 0 fully saturated rings. The first-order chi connectivity index (χ1) is 8.49. The molecule has 0 bridgehead atoms. The highest BCUT2D eigenvalue weighted by molar-refractivity contribution is 9.10. The van der Waals surface area contributed by atoms with Crippen LogP contribution in [-0.2, 0) is 0 Å². The molecule has 0 spiro atoms. The topological polar surface area (TPSA) is 55.1 Å². The van der Waals surface area contributed by atoms with Crippen molar-refractivity contribution < 1.29 is 9.32 Å². The zero-order valence-electron chi connectivity index (χ0n) is 9.75. The molecule has 1 aromatic carbocycles. The van der Waals surface area contributed by atoms with Crippen molar-refractivity contribution in [2.24, 2.45) is 0 Å². The van der Waals surface area contributed by atoms with Gasteiger partial charge in [-0.3, -0.25) is 10.1 Å². The second-order valence-electron chi connectivity index (χ2n) is 3.80. The van der Waals surface area contributed by atoms with Gasteiger partial charge in [0.15, 0.2) is 0 Å². The van der Waals surface area contributed by atoms with Crippen molar-refractivity contribution in [1.82, 2.24) is 5.16 Å². The molecule has 2 rings (SSSR count). The van der Waals surface area contributed by atoms with E-state index in [1.165, 1.54) is 0 Å². The van der Waals surface area contributed by atoms with Crippen LogP contribution in [0.25, 0.3) is 0 Å². The summed E-state index contributed by atoms with van der Waals surface area (Å²) in [5, 5.41) is 7.00. The molecule has 2 aromatic rings. The third-order valence-corrected chi connectivity index (χ3v) is 3.45. The van der Waals surface area contributed by atoms with E-state index >= 15 is 0 Å². The quantitative estimate of drug-likeness (QED) is 0.907. The lowest BCUT2D eigenvalue weighted by molar-refractivity contribution is 0.102. The van der Waals surface area contributed by atoms with E-state index in [1.807, 2.05) is 13.8 Å². The van der Waals surface area contributed by atoms with Crippen molar-refractivity contribution >= 4 is 39.3 Å². The highest BCUT2D eigenvalue weighted by Crippen LogP contribution is 2.24. The molecule has 1 heterocycles. The molecule has 0 aliphatic rings. The van der Waals surface area contributed by atoms with E-state index in [1.54, 1.807) is 18.2 Å². The van der Waals surface area contributed by atoms with Gasteiger partial charge in [-0.25, -0.2) is 0 Å². The summed E-state index contributed by atoms with van der Waals surface area (Å²) in [6.07, 6.45) is 0. The maximum Gasteiger partial charge on any atom is 0.259 e. The SMILES string of the molecule is Cc1noc(NC(=O)c2ccc(Cl)cc2Br)c1C. The predicted molar refractivity (Wildman–Crippen MR) is 73.1 cm³/mol. The lowest BCUT2D eigenvalue weighted by Crippen LogP contribution is -2.12. The molecule has 6 heteroatoms. The summed E-state index contributed by atoms with van der Waals surface area (Å²) in [5.74, 6) is 0.0807. The van der Waals surface area contributed by atoms with Crippen LogP contribution < -0.4 is 5.32 Å².